The Balaban J connectivity index is 0. The first-order valence-electron chi connectivity index (χ1n) is 0.493. The van der Waals surface area contributed by atoms with Crippen molar-refractivity contribution in [2.75, 3.05) is 0 Å². The summed E-state index contributed by atoms with van der Waals surface area (Å²) in [5, 5.41) is 0. The third-order valence-corrected chi connectivity index (χ3v) is 0. The molecule has 0 saturated carbocycles. The molecule has 0 rings (SSSR count). The van der Waals surface area contributed by atoms with Crippen LogP contribution in [0.2, 0.25) is 0 Å². The molecule has 0 heterocycles. The van der Waals surface area contributed by atoms with Gasteiger partial charge in [0, 0.05) is 0 Å². The van der Waals surface area contributed by atoms with Gasteiger partial charge in [-0.2, -0.15) is 0 Å². The van der Waals surface area contributed by atoms with Crippen LogP contribution in [0.3, 0.4) is 0 Å². The van der Waals surface area contributed by atoms with Gasteiger partial charge in [0.05, 0.1) is 0 Å². The summed E-state index contributed by atoms with van der Waals surface area (Å²) in [6, 6.07) is 0. The zero-order chi connectivity index (χ0) is 4.00. The van der Waals surface area contributed by atoms with Gasteiger partial charge in [-0.3, -0.25) is 0 Å². The van der Waals surface area contributed by atoms with E-state index in [1.807, 2.05) is 0 Å². The van der Waals surface area contributed by atoms with Crippen LogP contribution in [0.5, 0.6) is 0 Å². The SMILES string of the molecule is [O]=[InH].[O]=[Zr]. The molecule has 0 aliphatic heterocycles. The predicted molar refractivity (Wildman–Crippen MR) is 8.52 cm³/mol. The molecule has 0 unspecified atom stereocenters. The summed E-state index contributed by atoms with van der Waals surface area (Å²) in [4.78, 5) is 0. The molecule has 0 aliphatic rings. The second-order valence-electron chi connectivity index (χ2n) is 0. The summed E-state index contributed by atoms with van der Waals surface area (Å²) in [7, 11) is 0. The van der Waals surface area contributed by atoms with E-state index in [1.165, 1.54) is 0 Å². The van der Waals surface area contributed by atoms with Gasteiger partial charge in [0.25, 0.3) is 0 Å². The second kappa shape index (κ2) is 26.7. The molecular weight excluding hydrogens is 238 g/mol. The zero-order valence-electron chi connectivity index (χ0n) is 2.02. The van der Waals surface area contributed by atoms with E-state index in [1.54, 1.807) is 0 Å². The molecule has 0 N–H and O–H groups in total. The Bertz CT molecular complexity index is 8.00. The van der Waals surface area contributed by atoms with Crippen LogP contribution in [-0.2, 0) is 30.4 Å². The third kappa shape index (κ3) is 10.1. The summed E-state index contributed by atoms with van der Waals surface area (Å²) in [5.41, 5.74) is 0. The number of hydrogen-bond donors (Lipinski definition) is 0. The van der Waals surface area contributed by atoms with Crippen LogP contribution in [0, 0.1) is 0 Å². The van der Waals surface area contributed by atoms with Crippen molar-refractivity contribution < 1.29 is 30.4 Å². The Kier molecular flexibility index (Phi) is 60.3. The van der Waals surface area contributed by atoms with Crippen LogP contribution >= 0.6 is 0 Å². The predicted octanol–water partition coefficient (Wildman–Crippen LogP) is -0.889. The molecule has 0 saturated heterocycles. The Labute approximate surface area is 54.3 Å². The van der Waals surface area contributed by atoms with Crippen LogP contribution in [-0.4, -0.2) is 24.4 Å². The van der Waals surface area contributed by atoms with E-state index in [9.17, 15) is 0 Å². The molecule has 0 aliphatic carbocycles. The van der Waals surface area contributed by atoms with Crippen molar-refractivity contribution >= 4 is 24.4 Å². The van der Waals surface area contributed by atoms with E-state index in [2.05, 4.69) is 0 Å². The van der Waals surface area contributed by atoms with Crippen LogP contribution in [0.1, 0.15) is 0 Å². The van der Waals surface area contributed by atoms with Crippen molar-refractivity contribution in [2.24, 2.45) is 0 Å². The van der Waals surface area contributed by atoms with Crippen molar-refractivity contribution in [2.45, 2.75) is 0 Å². The molecule has 0 spiro atoms. The van der Waals surface area contributed by atoms with Gasteiger partial charge in [-0.05, 0) is 0 Å². The Hall–Kier alpha value is 1.35. The van der Waals surface area contributed by atoms with Crippen LogP contribution in [0.4, 0.5) is 0 Å². The summed E-state index contributed by atoms with van der Waals surface area (Å²) >= 11 is 0.200. The van der Waals surface area contributed by atoms with Gasteiger partial charge in [-0.15, -0.1) is 0 Å². The summed E-state index contributed by atoms with van der Waals surface area (Å²) in [6.07, 6.45) is 0. The van der Waals surface area contributed by atoms with Gasteiger partial charge >= 0.3 is 54.8 Å². The fraction of sp³-hybridized carbons (Fsp3) is 0. The fourth-order valence-corrected chi connectivity index (χ4v) is 0. The molecule has 0 aromatic rings. The van der Waals surface area contributed by atoms with E-state index >= 15 is 0 Å². The minimum atomic E-state index is -0.1000. The first-order valence-corrected chi connectivity index (χ1v) is 3.14. The molecular formula is HInO2Zr. The maximum atomic E-state index is 8.42. The van der Waals surface area contributed by atoms with Crippen LogP contribution in [0.15, 0.2) is 0 Å². The molecule has 0 fully saturated rings. The van der Waals surface area contributed by atoms with Crippen molar-refractivity contribution in [1.82, 2.24) is 0 Å². The zero-order valence-corrected chi connectivity index (χ0v) is 8.52. The van der Waals surface area contributed by atoms with Crippen molar-refractivity contribution in [3.8, 4) is 0 Å². The van der Waals surface area contributed by atoms with E-state index in [0.29, 0.717) is 24.7 Å². The van der Waals surface area contributed by atoms with Gasteiger partial charge in [0.1, 0.15) is 0 Å². The van der Waals surface area contributed by atoms with Gasteiger partial charge in [0.2, 0.25) is 0 Å². The molecule has 0 amide bonds. The molecule has 4 heteroatoms. The van der Waals surface area contributed by atoms with Crippen LogP contribution in [0.25, 0.3) is 0 Å². The molecule has 2 nitrogen and oxygen atoms in total. The average molecular weight is 239 g/mol. The quantitative estimate of drug-likeness (QED) is 0.549. The Morgan fingerprint density at radius 1 is 1.25 bits per heavy atom. The first-order chi connectivity index (χ1) is 2.00. The molecule has 0 aromatic carbocycles. The third-order valence-electron chi connectivity index (χ3n) is 0. The average Bonchev–Trinajstić information content (AvgIpc) is 1.50. The molecule has 0 radical (unpaired) electrons. The van der Waals surface area contributed by atoms with Crippen molar-refractivity contribution in [3.05, 3.63) is 0 Å². The summed E-state index contributed by atoms with van der Waals surface area (Å²) in [6.45, 7) is 0. The van der Waals surface area contributed by atoms with E-state index in [-0.39, 0.29) is 24.4 Å². The van der Waals surface area contributed by atoms with E-state index in [4.69, 9.17) is 5.67 Å². The molecule has 0 bridgehead atoms. The molecule has 0 atom stereocenters. The minimum absolute atomic E-state index is 0.1000. The molecule has 0 aromatic heterocycles. The van der Waals surface area contributed by atoms with E-state index in [0.717, 1.165) is 0 Å². The van der Waals surface area contributed by atoms with Gasteiger partial charge in [-0.25, -0.2) is 0 Å². The molecule has 4 heavy (non-hydrogen) atoms. The van der Waals surface area contributed by atoms with Gasteiger partial charge in [0.15, 0.2) is 0 Å². The van der Waals surface area contributed by atoms with E-state index < -0.39 is 0 Å². The van der Waals surface area contributed by atoms with Crippen molar-refractivity contribution in [1.29, 1.82) is 0 Å². The number of hydrogen-bond acceptors (Lipinski definition) is 2. The molecule has 20 valence electrons. The van der Waals surface area contributed by atoms with Crippen molar-refractivity contribution in [3.63, 3.8) is 0 Å². The normalized spacial score (nSPS) is 1.50. The number of rotatable bonds is 0. The first kappa shape index (κ1) is 9.02. The summed E-state index contributed by atoms with van der Waals surface area (Å²) < 4.78 is 16.8. The standard InChI is InChI=1S/In.2O.Zr.H. The summed E-state index contributed by atoms with van der Waals surface area (Å²) in [5.74, 6) is 0. The Morgan fingerprint density at radius 2 is 1.25 bits per heavy atom. The maximum absolute atomic E-state index is 8.42. The Morgan fingerprint density at radius 3 is 1.25 bits per heavy atom. The topological polar surface area (TPSA) is 34.1 Å². The van der Waals surface area contributed by atoms with Crippen LogP contribution < -0.4 is 0 Å². The monoisotopic (exact) mass is 238 g/mol. The second-order valence-corrected chi connectivity index (χ2v) is 0. The fourth-order valence-electron chi connectivity index (χ4n) is 0. The van der Waals surface area contributed by atoms with Gasteiger partial charge in [-0.1, -0.05) is 0 Å². The van der Waals surface area contributed by atoms with Gasteiger partial charge < -0.3 is 0 Å².